The number of hydrogen-bond acceptors (Lipinski definition) is 2. The van der Waals surface area contributed by atoms with Crippen LogP contribution in [0.2, 0.25) is 0 Å². The first-order chi connectivity index (χ1) is 6.75. The van der Waals surface area contributed by atoms with Crippen molar-refractivity contribution in [2.24, 2.45) is 5.92 Å². The summed E-state index contributed by atoms with van der Waals surface area (Å²) in [7, 11) is 0. The van der Waals surface area contributed by atoms with E-state index in [2.05, 4.69) is 13.8 Å². The summed E-state index contributed by atoms with van der Waals surface area (Å²) in [6.45, 7) is 5.61. The van der Waals surface area contributed by atoms with Crippen LogP contribution in [-0.4, -0.2) is 23.9 Å². The van der Waals surface area contributed by atoms with E-state index < -0.39 is 0 Å². The SMILES string of the molecule is CCC1(C(C)CCO)CCCCCO1. The standard InChI is InChI=1S/C12H24O2/c1-3-12(11(2)7-9-13)8-5-4-6-10-14-12/h11,13H,3-10H2,1-2H3. The molecule has 1 heterocycles. The Labute approximate surface area is 87.7 Å². The fraction of sp³-hybridized carbons (Fsp3) is 1.00. The highest BCUT2D eigenvalue weighted by Crippen LogP contribution is 2.35. The second kappa shape index (κ2) is 5.72. The molecule has 1 saturated heterocycles. The maximum absolute atomic E-state index is 8.99. The molecule has 0 amide bonds. The maximum Gasteiger partial charge on any atom is 0.0706 e. The molecule has 1 fully saturated rings. The van der Waals surface area contributed by atoms with Gasteiger partial charge in [0.2, 0.25) is 0 Å². The second-order valence-electron chi connectivity index (χ2n) is 4.49. The summed E-state index contributed by atoms with van der Waals surface area (Å²) < 4.78 is 6.04. The van der Waals surface area contributed by atoms with Gasteiger partial charge in [-0.3, -0.25) is 0 Å². The minimum absolute atomic E-state index is 0.0548. The van der Waals surface area contributed by atoms with E-state index in [9.17, 15) is 0 Å². The van der Waals surface area contributed by atoms with Gasteiger partial charge in [0.1, 0.15) is 0 Å². The number of aliphatic hydroxyl groups is 1. The van der Waals surface area contributed by atoms with Gasteiger partial charge in [-0.25, -0.2) is 0 Å². The van der Waals surface area contributed by atoms with Crippen LogP contribution in [0.25, 0.3) is 0 Å². The van der Waals surface area contributed by atoms with Crippen molar-refractivity contribution in [1.82, 2.24) is 0 Å². The third-order valence-corrected chi connectivity index (χ3v) is 3.69. The Morgan fingerprint density at radius 1 is 1.36 bits per heavy atom. The summed E-state index contributed by atoms with van der Waals surface area (Å²) >= 11 is 0. The van der Waals surface area contributed by atoms with Crippen molar-refractivity contribution >= 4 is 0 Å². The van der Waals surface area contributed by atoms with E-state index in [0.717, 1.165) is 19.4 Å². The van der Waals surface area contributed by atoms with Gasteiger partial charge in [0, 0.05) is 13.2 Å². The molecule has 14 heavy (non-hydrogen) atoms. The highest BCUT2D eigenvalue weighted by Gasteiger charge is 2.35. The van der Waals surface area contributed by atoms with Crippen molar-refractivity contribution in [2.45, 2.75) is 58.0 Å². The zero-order valence-electron chi connectivity index (χ0n) is 9.59. The zero-order valence-corrected chi connectivity index (χ0v) is 9.59. The molecule has 0 aliphatic carbocycles. The smallest absolute Gasteiger partial charge is 0.0706 e. The highest BCUT2D eigenvalue weighted by molar-refractivity contribution is 4.86. The zero-order chi connectivity index (χ0) is 10.4. The molecule has 84 valence electrons. The summed E-state index contributed by atoms with van der Waals surface area (Å²) in [6.07, 6.45) is 6.90. The van der Waals surface area contributed by atoms with Crippen LogP contribution in [0.15, 0.2) is 0 Å². The third-order valence-electron chi connectivity index (χ3n) is 3.69. The summed E-state index contributed by atoms with van der Waals surface area (Å²) in [5.74, 6) is 0.482. The average Bonchev–Trinajstić information content (AvgIpc) is 2.44. The molecule has 0 aromatic heterocycles. The van der Waals surface area contributed by atoms with Crippen molar-refractivity contribution in [1.29, 1.82) is 0 Å². The van der Waals surface area contributed by atoms with Crippen molar-refractivity contribution in [2.75, 3.05) is 13.2 Å². The van der Waals surface area contributed by atoms with E-state index >= 15 is 0 Å². The predicted octanol–water partition coefficient (Wildman–Crippen LogP) is 2.74. The Morgan fingerprint density at radius 2 is 2.14 bits per heavy atom. The number of hydrogen-bond donors (Lipinski definition) is 1. The maximum atomic E-state index is 8.99. The van der Waals surface area contributed by atoms with Crippen LogP contribution in [0.3, 0.4) is 0 Å². The van der Waals surface area contributed by atoms with Gasteiger partial charge in [-0.1, -0.05) is 26.7 Å². The van der Waals surface area contributed by atoms with Crippen molar-refractivity contribution in [3.05, 3.63) is 0 Å². The molecule has 2 nitrogen and oxygen atoms in total. The lowest BCUT2D eigenvalue weighted by molar-refractivity contribution is -0.0880. The summed E-state index contributed by atoms with van der Waals surface area (Å²) in [5.41, 5.74) is 0.0548. The summed E-state index contributed by atoms with van der Waals surface area (Å²) in [6, 6.07) is 0. The second-order valence-corrected chi connectivity index (χ2v) is 4.49. The van der Waals surface area contributed by atoms with Crippen LogP contribution < -0.4 is 0 Å². The highest BCUT2D eigenvalue weighted by atomic mass is 16.5. The first-order valence-electron chi connectivity index (χ1n) is 6.00. The van der Waals surface area contributed by atoms with Crippen molar-refractivity contribution < 1.29 is 9.84 Å². The molecule has 0 bridgehead atoms. The molecule has 0 spiro atoms. The van der Waals surface area contributed by atoms with Crippen LogP contribution in [0, 0.1) is 5.92 Å². The van der Waals surface area contributed by atoms with E-state index in [1.807, 2.05) is 0 Å². The van der Waals surface area contributed by atoms with Gasteiger partial charge in [-0.05, 0) is 31.6 Å². The molecule has 0 saturated carbocycles. The van der Waals surface area contributed by atoms with Crippen molar-refractivity contribution in [3.63, 3.8) is 0 Å². The molecular formula is C12H24O2. The van der Waals surface area contributed by atoms with Gasteiger partial charge >= 0.3 is 0 Å². The Balaban J connectivity index is 2.61. The van der Waals surface area contributed by atoms with Crippen LogP contribution in [0.4, 0.5) is 0 Å². The largest absolute Gasteiger partial charge is 0.396 e. The molecule has 1 aliphatic heterocycles. The molecule has 0 aromatic rings. The van der Waals surface area contributed by atoms with Gasteiger partial charge in [0.05, 0.1) is 5.60 Å². The minimum atomic E-state index is 0.0548. The molecular weight excluding hydrogens is 176 g/mol. The molecule has 1 rings (SSSR count). The van der Waals surface area contributed by atoms with Gasteiger partial charge in [0.25, 0.3) is 0 Å². The normalized spacial score (nSPS) is 31.1. The van der Waals surface area contributed by atoms with E-state index in [4.69, 9.17) is 9.84 Å². The lowest BCUT2D eigenvalue weighted by Gasteiger charge is -2.37. The first kappa shape index (κ1) is 12.0. The number of aliphatic hydroxyl groups excluding tert-OH is 1. The molecule has 2 unspecified atom stereocenters. The van der Waals surface area contributed by atoms with Gasteiger partial charge < -0.3 is 9.84 Å². The minimum Gasteiger partial charge on any atom is -0.396 e. The topological polar surface area (TPSA) is 29.5 Å². The Kier molecular flexibility index (Phi) is 4.90. The average molecular weight is 200 g/mol. The van der Waals surface area contributed by atoms with E-state index in [1.54, 1.807) is 0 Å². The lowest BCUT2D eigenvalue weighted by Crippen LogP contribution is -2.39. The van der Waals surface area contributed by atoms with Gasteiger partial charge in [-0.15, -0.1) is 0 Å². The Morgan fingerprint density at radius 3 is 2.79 bits per heavy atom. The third kappa shape index (κ3) is 2.71. The lowest BCUT2D eigenvalue weighted by atomic mass is 9.80. The van der Waals surface area contributed by atoms with Crippen LogP contribution in [0.1, 0.15) is 52.4 Å². The Hall–Kier alpha value is -0.0800. The number of rotatable bonds is 4. The van der Waals surface area contributed by atoms with Crippen LogP contribution >= 0.6 is 0 Å². The summed E-state index contributed by atoms with van der Waals surface area (Å²) in [4.78, 5) is 0. The van der Waals surface area contributed by atoms with Crippen LogP contribution in [-0.2, 0) is 4.74 Å². The Bertz CT molecular complexity index is 148. The van der Waals surface area contributed by atoms with E-state index in [-0.39, 0.29) is 12.2 Å². The molecule has 2 atom stereocenters. The molecule has 0 aromatic carbocycles. The molecule has 0 radical (unpaired) electrons. The van der Waals surface area contributed by atoms with Crippen LogP contribution in [0.5, 0.6) is 0 Å². The van der Waals surface area contributed by atoms with E-state index in [1.165, 1.54) is 25.7 Å². The molecule has 1 N–H and O–H groups in total. The summed E-state index contributed by atoms with van der Waals surface area (Å²) in [5, 5.41) is 8.99. The number of ether oxygens (including phenoxy) is 1. The molecule has 1 aliphatic rings. The monoisotopic (exact) mass is 200 g/mol. The van der Waals surface area contributed by atoms with Gasteiger partial charge in [0.15, 0.2) is 0 Å². The quantitative estimate of drug-likeness (QED) is 0.756. The fourth-order valence-corrected chi connectivity index (χ4v) is 2.52. The predicted molar refractivity (Wildman–Crippen MR) is 58.3 cm³/mol. The molecule has 2 heteroatoms. The van der Waals surface area contributed by atoms with Crippen molar-refractivity contribution in [3.8, 4) is 0 Å². The van der Waals surface area contributed by atoms with E-state index in [0.29, 0.717) is 5.92 Å². The fourth-order valence-electron chi connectivity index (χ4n) is 2.52. The first-order valence-corrected chi connectivity index (χ1v) is 6.00. The van der Waals surface area contributed by atoms with Gasteiger partial charge in [-0.2, -0.15) is 0 Å².